The highest BCUT2D eigenvalue weighted by atomic mass is 15.4. The normalized spacial score (nSPS) is 15.9. The lowest BCUT2D eigenvalue weighted by molar-refractivity contribution is 0.402. The highest BCUT2D eigenvalue weighted by Crippen LogP contribution is 2.24. The third kappa shape index (κ3) is 3.42. The summed E-state index contributed by atoms with van der Waals surface area (Å²) in [6.45, 7) is 5.35. The van der Waals surface area contributed by atoms with E-state index in [9.17, 15) is 0 Å². The Bertz CT molecular complexity index is 892. The second-order valence-electron chi connectivity index (χ2n) is 7.59. The molecular weight excluding hydrogens is 324 g/mol. The number of hydrogen-bond acceptors (Lipinski definition) is 5. The van der Waals surface area contributed by atoms with Gasteiger partial charge in [0.1, 0.15) is 5.82 Å². The lowest BCUT2D eigenvalue weighted by Crippen LogP contribution is -2.33. The van der Waals surface area contributed by atoms with E-state index < -0.39 is 0 Å². The van der Waals surface area contributed by atoms with E-state index in [1.807, 2.05) is 10.6 Å². The van der Waals surface area contributed by atoms with Crippen molar-refractivity contribution in [1.82, 2.24) is 24.7 Å². The monoisotopic (exact) mass is 350 g/mol. The molecule has 0 radical (unpaired) electrons. The molecule has 1 aliphatic heterocycles. The predicted molar refractivity (Wildman–Crippen MR) is 104 cm³/mol. The first-order chi connectivity index (χ1) is 12.6. The number of piperidine rings is 1. The third-order valence-corrected chi connectivity index (χ3v) is 5.04. The summed E-state index contributed by atoms with van der Waals surface area (Å²) in [5, 5.41) is 13.6. The summed E-state index contributed by atoms with van der Waals surface area (Å²) in [5.74, 6) is 2.61. The second kappa shape index (κ2) is 7.03. The average Bonchev–Trinajstić information content (AvgIpc) is 3.05. The van der Waals surface area contributed by atoms with Gasteiger partial charge >= 0.3 is 0 Å². The van der Waals surface area contributed by atoms with E-state index in [4.69, 9.17) is 5.10 Å². The summed E-state index contributed by atoms with van der Waals surface area (Å²) in [7, 11) is 4.15. The number of aromatic nitrogens is 4. The van der Waals surface area contributed by atoms with Gasteiger partial charge in [0.25, 0.3) is 0 Å². The maximum Gasteiger partial charge on any atom is 0.185 e. The van der Waals surface area contributed by atoms with Crippen LogP contribution in [0.2, 0.25) is 0 Å². The molecule has 1 aromatic carbocycles. The standard InChI is InChI=1S/C20H26N6/c1-15-9-11-25(12-10-15)19-8-7-18-21-22-20(26(18)23-19)17-6-4-5-16(13-17)14-24(2)3/h4-8,13,15H,9-12,14H2,1-3H3. The van der Waals surface area contributed by atoms with Gasteiger partial charge in [0, 0.05) is 25.2 Å². The SMILES string of the molecule is CC1CCN(c2ccc3nnc(-c4cccc(CN(C)C)c4)n3n2)CC1. The van der Waals surface area contributed by atoms with Crippen molar-refractivity contribution in [2.24, 2.45) is 5.92 Å². The highest BCUT2D eigenvalue weighted by Gasteiger charge is 2.18. The maximum atomic E-state index is 4.86. The van der Waals surface area contributed by atoms with Crippen molar-refractivity contribution in [2.45, 2.75) is 26.3 Å². The fourth-order valence-corrected chi connectivity index (χ4v) is 3.54. The molecule has 0 spiro atoms. The highest BCUT2D eigenvalue weighted by molar-refractivity contribution is 5.60. The maximum absolute atomic E-state index is 4.86. The summed E-state index contributed by atoms with van der Waals surface area (Å²) in [4.78, 5) is 4.53. The van der Waals surface area contributed by atoms with Gasteiger partial charge in [-0.3, -0.25) is 0 Å². The van der Waals surface area contributed by atoms with Crippen LogP contribution in [0.15, 0.2) is 36.4 Å². The molecule has 3 aromatic rings. The molecule has 0 unspecified atom stereocenters. The van der Waals surface area contributed by atoms with Crippen LogP contribution in [0.4, 0.5) is 5.82 Å². The Balaban J connectivity index is 1.69. The molecule has 136 valence electrons. The van der Waals surface area contributed by atoms with Crippen molar-refractivity contribution in [3.8, 4) is 11.4 Å². The van der Waals surface area contributed by atoms with Crippen LogP contribution in [0.3, 0.4) is 0 Å². The van der Waals surface area contributed by atoms with Crippen LogP contribution < -0.4 is 4.90 Å². The molecule has 0 bridgehead atoms. The number of fused-ring (bicyclic) bond motifs is 1. The van der Waals surface area contributed by atoms with Crippen molar-refractivity contribution in [3.05, 3.63) is 42.0 Å². The lowest BCUT2D eigenvalue weighted by atomic mass is 9.99. The average molecular weight is 350 g/mol. The van der Waals surface area contributed by atoms with Crippen molar-refractivity contribution in [3.63, 3.8) is 0 Å². The van der Waals surface area contributed by atoms with Crippen LogP contribution in [-0.4, -0.2) is 51.9 Å². The van der Waals surface area contributed by atoms with Gasteiger partial charge in [-0.15, -0.1) is 15.3 Å². The fraction of sp³-hybridized carbons (Fsp3) is 0.450. The number of nitrogens with zero attached hydrogens (tertiary/aromatic N) is 6. The Labute approximate surface area is 154 Å². The molecule has 26 heavy (non-hydrogen) atoms. The third-order valence-electron chi connectivity index (χ3n) is 5.04. The van der Waals surface area contributed by atoms with Gasteiger partial charge in [0.15, 0.2) is 11.5 Å². The quantitative estimate of drug-likeness (QED) is 0.724. The van der Waals surface area contributed by atoms with E-state index in [1.54, 1.807) is 0 Å². The first kappa shape index (κ1) is 17.0. The Morgan fingerprint density at radius 3 is 2.65 bits per heavy atom. The van der Waals surface area contributed by atoms with Gasteiger partial charge in [0.2, 0.25) is 0 Å². The van der Waals surface area contributed by atoms with Gasteiger partial charge < -0.3 is 9.80 Å². The first-order valence-electron chi connectivity index (χ1n) is 9.31. The van der Waals surface area contributed by atoms with Crippen LogP contribution in [0.5, 0.6) is 0 Å². The zero-order valence-corrected chi connectivity index (χ0v) is 15.8. The molecule has 2 aromatic heterocycles. The summed E-state index contributed by atoms with van der Waals surface area (Å²) < 4.78 is 1.88. The predicted octanol–water partition coefficient (Wildman–Crippen LogP) is 3.09. The summed E-state index contributed by atoms with van der Waals surface area (Å²) in [6.07, 6.45) is 2.45. The molecule has 3 heterocycles. The van der Waals surface area contributed by atoms with Crippen LogP contribution in [-0.2, 0) is 6.54 Å². The van der Waals surface area contributed by atoms with E-state index in [0.717, 1.165) is 48.4 Å². The molecule has 0 aliphatic carbocycles. The van der Waals surface area contributed by atoms with E-state index in [0.29, 0.717) is 0 Å². The molecule has 0 amide bonds. The smallest absolute Gasteiger partial charge is 0.185 e. The molecule has 0 atom stereocenters. The van der Waals surface area contributed by atoms with Gasteiger partial charge in [-0.25, -0.2) is 0 Å². The van der Waals surface area contributed by atoms with E-state index >= 15 is 0 Å². The molecule has 1 aliphatic rings. The van der Waals surface area contributed by atoms with E-state index in [2.05, 4.69) is 71.3 Å². The summed E-state index contributed by atoms with van der Waals surface area (Å²) >= 11 is 0. The Morgan fingerprint density at radius 2 is 1.88 bits per heavy atom. The molecular formula is C20H26N6. The Morgan fingerprint density at radius 1 is 1.08 bits per heavy atom. The Hall–Kier alpha value is -2.47. The van der Waals surface area contributed by atoms with Crippen LogP contribution >= 0.6 is 0 Å². The molecule has 4 rings (SSSR count). The fourth-order valence-electron chi connectivity index (χ4n) is 3.54. The molecule has 1 fully saturated rings. The molecule has 0 saturated carbocycles. The number of hydrogen-bond donors (Lipinski definition) is 0. The summed E-state index contributed by atoms with van der Waals surface area (Å²) in [5.41, 5.74) is 3.09. The summed E-state index contributed by atoms with van der Waals surface area (Å²) in [6, 6.07) is 12.5. The minimum Gasteiger partial charge on any atom is -0.355 e. The van der Waals surface area contributed by atoms with Crippen LogP contribution in [0.1, 0.15) is 25.3 Å². The van der Waals surface area contributed by atoms with Crippen molar-refractivity contribution >= 4 is 11.5 Å². The van der Waals surface area contributed by atoms with Crippen molar-refractivity contribution < 1.29 is 0 Å². The van der Waals surface area contributed by atoms with E-state index in [-0.39, 0.29) is 0 Å². The van der Waals surface area contributed by atoms with Gasteiger partial charge in [-0.1, -0.05) is 25.1 Å². The zero-order chi connectivity index (χ0) is 18.1. The van der Waals surface area contributed by atoms with Crippen molar-refractivity contribution in [1.29, 1.82) is 0 Å². The number of benzene rings is 1. The number of anilines is 1. The zero-order valence-electron chi connectivity index (χ0n) is 15.8. The molecule has 6 nitrogen and oxygen atoms in total. The number of rotatable bonds is 4. The molecule has 0 N–H and O–H groups in total. The van der Waals surface area contributed by atoms with E-state index in [1.165, 1.54) is 18.4 Å². The molecule has 1 saturated heterocycles. The molecule has 6 heteroatoms. The van der Waals surface area contributed by atoms with Crippen LogP contribution in [0.25, 0.3) is 17.0 Å². The second-order valence-corrected chi connectivity index (χ2v) is 7.59. The minimum absolute atomic E-state index is 0.784. The van der Waals surface area contributed by atoms with Gasteiger partial charge in [-0.05, 0) is 56.6 Å². The van der Waals surface area contributed by atoms with Crippen molar-refractivity contribution in [2.75, 3.05) is 32.1 Å². The van der Waals surface area contributed by atoms with Gasteiger partial charge in [0.05, 0.1) is 0 Å². The van der Waals surface area contributed by atoms with Gasteiger partial charge in [-0.2, -0.15) is 4.52 Å². The Kier molecular flexibility index (Phi) is 4.59. The minimum atomic E-state index is 0.784. The topological polar surface area (TPSA) is 49.6 Å². The largest absolute Gasteiger partial charge is 0.355 e. The first-order valence-corrected chi connectivity index (χ1v) is 9.31. The lowest BCUT2D eigenvalue weighted by Gasteiger charge is -2.30. The van der Waals surface area contributed by atoms with Crippen LogP contribution in [0, 0.1) is 5.92 Å².